The summed E-state index contributed by atoms with van der Waals surface area (Å²) in [7, 11) is 0. The zero-order chi connectivity index (χ0) is 28.4. The molecule has 1 fully saturated rings. The number of nitrogens with one attached hydrogen (secondary N) is 1. The van der Waals surface area contributed by atoms with Gasteiger partial charge in [0.2, 0.25) is 0 Å². The fourth-order valence-electron chi connectivity index (χ4n) is 6.62. The lowest BCUT2D eigenvalue weighted by atomic mass is 9.83. The molecule has 1 N–H and O–H groups in total. The summed E-state index contributed by atoms with van der Waals surface area (Å²) in [5.74, 6) is -0.166. The minimum absolute atomic E-state index is 0.0721. The third kappa shape index (κ3) is 5.44. The molecule has 2 aliphatic rings. The van der Waals surface area contributed by atoms with Crippen molar-refractivity contribution < 1.29 is 9.59 Å². The molecular weight excluding hydrogens is 550 g/mol. The first-order chi connectivity index (χ1) is 20.0. The molecule has 2 aromatic carbocycles. The van der Waals surface area contributed by atoms with Crippen LogP contribution in [0.15, 0.2) is 66.7 Å². The molecule has 0 unspecified atom stereocenters. The van der Waals surface area contributed by atoms with E-state index in [1.165, 1.54) is 24.1 Å². The van der Waals surface area contributed by atoms with Crippen LogP contribution in [0.2, 0.25) is 5.02 Å². The van der Waals surface area contributed by atoms with E-state index in [-0.39, 0.29) is 17.9 Å². The second kappa shape index (κ2) is 12.0. The Morgan fingerprint density at radius 3 is 2.41 bits per heavy atom. The van der Waals surface area contributed by atoms with Gasteiger partial charge in [-0.15, -0.1) is 11.3 Å². The highest BCUT2D eigenvalue weighted by Gasteiger charge is 2.52. The van der Waals surface area contributed by atoms with Gasteiger partial charge in [-0.05, 0) is 61.1 Å². The van der Waals surface area contributed by atoms with Crippen molar-refractivity contribution in [1.29, 1.82) is 0 Å². The van der Waals surface area contributed by atoms with E-state index < -0.39 is 5.54 Å². The van der Waals surface area contributed by atoms with Crippen molar-refractivity contribution in [2.75, 3.05) is 6.54 Å². The molecule has 214 valence electrons. The van der Waals surface area contributed by atoms with Gasteiger partial charge in [0.05, 0.1) is 16.8 Å². The van der Waals surface area contributed by atoms with Gasteiger partial charge in [0.15, 0.2) is 5.54 Å². The SMILES string of the molecule is CCc1cc2c(cc3n2C[C@@](C(=O)NC2CCCCCCC2)(c2ccccc2)N(CCc2ccc(Cl)cc2)C3=O)s1. The van der Waals surface area contributed by atoms with Gasteiger partial charge >= 0.3 is 0 Å². The second-order valence-electron chi connectivity index (χ2n) is 11.5. The first-order valence-electron chi connectivity index (χ1n) is 15.0. The number of fused-ring (bicyclic) bond motifs is 3. The third-order valence-corrected chi connectivity index (χ3v) is 10.4. The molecular formula is C34H38ClN3O2S. The molecule has 2 aromatic heterocycles. The number of carbonyl (C=O) groups is 2. The second-order valence-corrected chi connectivity index (χ2v) is 13.1. The molecule has 0 spiro atoms. The summed E-state index contributed by atoms with van der Waals surface area (Å²) in [5, 5.41) is 4.16. The van der Waals surface area contributed by atoms with Crippen LogP contribution in [0.25, 0.3) is 10.2 Å². The Kier molecular flexibility index (Phi) is 8.23. The Bertz CT molecular complexity index is 1520. The number of benzene rings is 2. The van der Waals surface area contributed by atoms with Crippen molar-refractivity contribution in [3.63, 3.8) is 0 Å². The molecule has 1 saturated carbocycles. The molecule has 41 heavy (non-hydrogen) atoms. The first-order valence-corrected chi connectivity index (χ1v) is 16.2. The normalized spacial score (nSPS) is 20.0. The summed E-state index contributed by atoms with van der Waals surface area (Å²) in [6, 6.07) is 22.0. The number of rotatable bonds is 7. The number of nitrogens with zero attached hydrogens (tertiary/aromatic N) is 2. The van der Waals surface area contributed by atoms with E-state index in [0.717, 1.165) is 53.4 Å². The van der Waals surface area contributed by atoms with Crippen LogP contribution in [0.3, 0.4) is 0 Å². The molecule has 1 aliphatic carbocycles. The average Bonchev–Trinajstić information content (AvgIpc) is 3.53. The Balaban J connectivity index is 1.46. The largest absolute Gasteiger partial charge is 0.351 e. The number of halogens is 1. The van der Waals surface area contributed by atoms with Crippen molar-refractivity contribution in [2.45, 2.75) is 82.8 Å². The standard InChI is InChI=1S/C34H38ClN3O2S/c1-2-28-21-29-31(41-28)22-30-32(39)38(20-19-24-15-17-26(35)18-16-24)34(23-37(29)30,25-11-7-6-8-12-25)33(40)36-27-13-9-4-3-5-10-14-27/h6-8,11-12,15-18,21-22,27H,2-5,9-10,13-14,19-20,23H2,1H3,(H,36,40)/t34-/m0/s1. The number of hydrogen-bond acceptors (Lipinski definition) is 3. The van der Waals surface area contributed by atoms with Crippen LogP contribution < -0.4 is 5.32 Å². The fourth-order valence-corrected chi connectivity index (χ4v) is 7.78. The van der Waals surface area contributed by atoms with Crippen LogP contribution in [0.4, 0.5) is 0 Å². The Hall–Kier alpha value is -3.09. The fraction of sp³-hybridized carbons (Fsp3) is 0.412. The van der Waals surface area contributed by atoms with E-state index in [0.29, 0.717) is 30.2 Å². The highest BCUT2D eigenvalue weighted by Crippen LogP contribution is 2.41. The lowest BCUT2D eigenvalue weighted by Gasteiger charge is -2.47. The summed E-state index contributed by atoms with van der Waals surface area (Å²) in [5.41, 5.74) is 2.48. The highest BCUT2D eigenvalue weighted by molar-refractivity contribution is 7.19. The van der Waals surface area contributed by atoms with Gasteiger partial charge in [0.25, 0.3) is 11.8 Å². The molecule has 6 rings (SSSR count). The van der Waals surface area contributed by atoms with Gasteiger partial charge in [0.1, 0.15) is 5.69 Å². The Morgan fingerprint density at radius 1 is 1.00 bits per heavy atom. The van der Waals surface area contributed by atoms with E-state index in [1.807, 2.05) is 65.6 Å². The van der Waals surface area contributed by atoms with Crippen LogP contribution >= 0.6 is 22.9 Å². The van der Waals surface area contributed by atoms with Crippen LogP contribution in [-0.2, 0) is 29.7 Å². The Labute approximate surface area is 251 Å². The van der Waals surface area contributed by atoms with Gasteiger partial charge in [-0.25, -0.2) is 0 Å². The number of aryl methyl sites for hydroxylation is 1. The van der Waals surface area contributed by atoms with E-state index in [9.17, 15) is 9.59 Å². The van der Waals surface area contributed by atoms with Crippen molar-refractivity contribution in [2.24, 2.45) is 0 Å². The molecule has 1 atom stereocenters. The molecule has 0 saturated heterocycles. The maximum absolute atomic E-state index is 14.8. The van der Waals surface area contributed by atoms with E-state index in [4.69, 9.17) is 11.6 Å². The van der Waals surface area contributed by atoms with E-state index >= 15 is 0 Å². The van der Waals surface area contributed by atoms with Crippen LogP contribution in [0, 0.1) is 0 Å². The number of hydrogen-bond donors (Lipinski definition) is 1. The minimum Gasteiger partial charge on any atom is -0.351 e. The third-order valence-electron chi connectivity index (χ3n) is 8.91. The summed E-state index contributed by atoms with van der Waals surface area (Å²) < 4.78 is 3.21. The topological polar surface area (TPSA) is 54.3 Å². The predicted octanol–water partition coefficient (Wildman–Crippen LogP) is 7.74. The molecule has 0 radical (unpaired) electrons. The Morgan fingerprint density at radius 2 is 1.71 bits per heavy atom. The predicted molar refractivity (Wildman–Crippen MR) is 168 cm³/mol. The molecule has 7 heteroatoms. The number of thiophene rings is 1. The lowest BCUT2D eigenvalue weighted by Crippen LogP contribution is -2.64. The number of amides is 2. The molecule has 4 aromatic rings. The molecule has 5 nitrogen and oxygen atoms in total. The molecule has 0 bridgehead atoms. The van der Waals surface area contributed by atoms with E-state index in [2.05, 4.69) is 22.9 Å². The van der Waals surface area contributed by atoms with Gasteiger partial charge in [-0.3, -0.25) is 9.59 Å². The van der Waals surface area contributed by atoms with Crippen LogP contribution in [0.1, 0.15) is 78.4 Å². The first kappa shape index (κ1) is 28.0. The van der Waals surface area contributed by atoms with Gasteiger partial charge in [-0.1, -0.05) is 93.1 Å². The summed E-state index contributed by atoms with van der Waals surface area (Å²) in [6.45, 7) is 2.97. The van der Waals surface area contributed by atoms with E-state index in [1.54, 1.807) is 11.3 Å². The van der Waals surface area contributed by atoms with Crippen LogP contribution in [0.5, 0.6) is 0 Å². The summed E-state index contributed by atoms with van der Waals surface area (Å²) in [4.78, 5) is 32.4. The smallest absolute Gasteiger partial charge is 0.271 e. The molecule has 2 amide bonds. The van der Waals surface area contributed by atoms with Gasteiger partial charge in [-0.2, -0.15) is 0 Å². The molecule has 3 heterocycles. The lowest BCUT2D eigenvalue weighted by molar-refractivity contribution is -0.135. The van der Waals surface area contributed by atoms with Crippen molar-refractivity contribution >= 4 is 45.0 Å². The summed E-state index contributed by atoms with van der Waals surface area (Å²) in [6.07, 6.45) is 9.49. The maximum Gasteiger partial charge on any atom is 0.271 e. The van der Waals surface area contributed by atoms with Crippen molar-refractivity contribution in [1.82, 2.24) is 14.8 Å². The monoisotopic (exact) mass is 587 g/mol. The number of carbonyl (C=O) groups excluding carboxylic acids is 2. The van der Waals surface area contributed by atoms with Crippen molar-refractivity contribution in [3.8, 4) is 0 Å². The van der Waals surface area contributed by atoms with Gasteiger partial charge in [0, 0.05) is 22.5 Å². The molecule has 1 aliphatic heterocycles. The minimum atomic E-state index is -1.17. The maximum atomic E-state index is 14.8. The summed E-state index contributed by atoms with van der Waals surface area (Å²) >= 11 is 7.89. The highest BCUT2D eigenvalue weighted by atomic mass is 35.5. The average molecular weight is 588 g/mol. The van der Waals surface area contributed by atoms with Crippen molar-refractivity contribution in [3.05, 3.63) is 93.5 Å². The van der Waals surface area contributed by atoms with Crippen LogP contribution in [-0.4, -0.2) is 33.9 Å². The zero-order valence-corrected chi connectivity index (χ0v) is 25.3. The quantitative estimate of drug-likeness (QED) is 0.240. The zero-order valence-electron chi connectivity index (χ0n) is 23.7. The number of aromatic nitrogens is 1. The van der Waals surface area contributed by atoms with Gasteiger partial charge < -0.3 is 14.8 Å².